The predicted octanol–water partition coefficient (Wildman–Crippen LogP) is 1.16. The number of likely N-dealkylation sites (N-methyl/N-ethyl adjacent to an activating group) is 1. The minimum atomic E-state index is 0.404. The van der Waals surface area contributed by atoms with Crippen LogP contribution in [-0.4, -0.2) is 74.8 Å². The fourth-order valence-corrected chi connectivity index (χ4v) is 3.52. The SMILES string of the molecule is CCNC(=NCCN(C)C1CC1)N1CCC2(CCOC2)C1. The van der Waals surface area contributed by atoms with E-state index in [0.717, 1.165) is 57.9 Å². The zero-order chi connectivity index (χ0) is 14.7. The molecule has 0 bridgehead atoms. The van der Waals surface area contributed by atoms with Crippen LogP contribution in [0, 0.1) is 5.41 Å². The van der Waals surface area contributed by atoms with Gasteiger partial charge in [-0.15, -0.1) is 0 Å². The second-order valence-electron chi connectivity index (χ2n) is 6.92. The number of hydrogen-bond acceptors (Lipinski definition) is 3. The van der Waals surface area contributed by atoms with E-state index in [9.17, 15) is 0 Å². The number of nitrogens with zero attached hydrogens (tertiary/aromatic N) is 3. The Bertz CT molecular complexity index is 374. The Hall–Kier alpha value is -0.810. The smallest absolute Gasteiger partial charge is 0.193 e. The monoisotopic (exact) mass is 294 g/mol. The molecule has 1 saturated carbocycles. The van der Waals surface area contributed by atoms with Crippen molar-refractivity contribution in [3.63, 3.8) is 0 Å². The first-order valence-electron chi connectivity index (χ1n) is 8.54. The highest BCUT2D eigenvalue weighted by Crippen LogP contribution is 2.38. The number of aliphatic imine (C=N–C) groups is 1. The van der Waals surface area contributed by atoms with E-state index in [1.807, 2.05) is 0 Å². The summed E-state index contributed by atoms with van der Waals surface area (Å²) < 4.78 is 5.62. The third-order valence-electron chi connectivity index (χ3n) is 5.14. The van der Waals surface area contributed by atoms with Gasteiger partial charge in [-0.05, 0) is 39.7 Å². The van der Waals surface area contributed by atoms with Crippen molar-refractivity contribution >= 4 is 5.96 Å². The molecule has 0 aromatic heterocycles. The van der Waals surface area contributed by atoms with Crippen molar-refractivity contribution in [1.82, 2.24) is 15.1 Å². The molecule has 3 rings (SSSR count). The van der Waals surface area contributed by atoms with Gasteiger partial charge in [0.05, 0.1) is 13.2 Å². The third kappa shape index (κ3) is 3.69. The second-order valence-corrected chi connectivity index (χ2v) is 6.92. The lowest BCUT2D eigenvalue weighted by Gasteiger charge is -2.25. The van der Waals surface area contributed by atoms with E-state index in [1.165, 1.54) is 25.7 Å². The Morgan fingerprint density at radius 1 is 1.43 bits per heavy atom. The molecule has 0 aromatic rings. The molecule has 2 aliphatic heterocycles. The van der Waals surface area contributed by atoms with Crippen LogP contribution in [0.5, 0.6) is 0 Å². The lowest BCUT2D eigenvalue weighted by Crippen LogP contribution is -2.42. The van der Waals surface area contributed by atoms with E-state index in [0.29, 0.717) is 5.41 Å². The molecule has 1 atom stereocenters. The summed E-state index contributed by atoms with van der Waals surface area (Å²) in [6.45, 7) is 9.16. The summed E-state index contributed by atoms with van der Waals surface area (Å²) in [5, 5.41) is 3.47. The van der Waals surface area contributed by atoms with Crippen molar-refractivity contribution in [2.45, 2.75) is 38.6 Å². The van der Waals surface area contributed by atoms with Crippen molar-refractivity contribution in [2.24, 2.45) is 10.4 Å². The molecule has 1 unspecified atom stereocenters. The van der Waals surface area contributed by atoms with Gasteiger partial charge in [-0.1, -0.05) is 0 Å². The van der Waals surface area contributed by atoms with Gasteiger partial charge in [0.1, 0.15) is 0 Å². The fourth-order valence-electron chi connectivity index (χ4n) is 3.52. The molecule has 1 spiro atoms. The highest BCUT2D eigenvalue weighted by molar-refractivity contribution is 5.80. The third-order valence-corrected chi connectivity index (χ3v) is 5.14. The highest BCUT2D eigenvalue weighted by Gasteiger charge is 2.42. The van der Waals surface area contributed by atoms with E-state index in [1.54, 1.807) is 0 Å². The van der Waals surface area contributed by atoms with Crippen molar-refractivity contribution in [3.05, 3.63) is 0 Å². The average Bonchev–Trinajstić information content (AvgIpc) is 3.12. The number of rotatable bonds is 5. The van der Waals surface area contributed by atoms with E-state index in [-0.39, 0.29) is 0 Å². The van der Waals surface area contributed by atoms with Crippen LogP contribution in [0.25, 0.3) is 0 Å². The zero-order valence-corrected chi connectivity index (χ0v) is 13.6. The topological polar surface area (TPSA) is 40.1 Å². The second kappa shape index (κ2) is 6.53. The Kier molecular flexibility index (Phi) is 4.69. The maximum Gasteiger partial charge on any atom is 0.193 e. The number of ether oxygens (including phenoxy) is 1. The van der Waals surface area contributed by atoms with Gasteiger partial charge >= 0.3 is 0 Å². The molecule has 1 N–H and O–H groups in total. The summed E-state index contributed by atoms with van der Waals surface area (Å²) in [6.07, 6.45) is 5.20. The molecular weight excluding hydrogens is 264 g/mol. The largest absolute Gasteiger partial charge is 0.381 e. The lowest BCUT2D eigenvalue weighted by molar-refractivity contribution is 0.156. The van der Waals surface area contributed by atoms with Gasteiger partial charge < -0.3 is 19.9 Å². The zero-order valence-electron chi connectivity index (χ0n) is 13.6. The van der Waals surface area contributed by atoms with Gasteiger partial charge in [-0.3, -0.25) is 4.99 Å². The van der Waals surface area contributed by atoms with Crippen LogP contribution in [0.4, 0.5) is 0 Å². The Morgan fingerprint density at radius 3 is 2.95 bits per heavy atom. The minimum Gasteiger partial charge on any atom is -0.381 e. The molecule has 5 nitrogen and oxygen atoms in total. The summed E-state index contributed by atoms with van der Waals surface area (Å²) in [6, 6.07) is 0.827. The maximum atomic E-state index is 5.62. The molecule has 2 heterocycles. The molecule has 0 radical (unpaired) electrons. The first kappa shape index (κ1) is 15.1. The van der Waals surface area contributed by atoms with E-state index < -0.39 is 0 Å². The van der Waals surface area contributed by atoms with E-state index in [2.05, 4.69) is 29.1 Å². The quantitative estimate of drug-likeness (QED) is 0.610. The number of guanidine groups is 1. The Morgan fingerprint density at radius 2 is 2.29 bits per heavy atom. The standard InChI is InChI=1S/C16H30N4O/c1-3-17-15(18-8-10-19(2)14-4-5-14)20-9-6-16(12-20)7-11-21-13-16/h14H,3-13H2,1-2H3,(H,17,18). The molecule has 5 heteroatoms. The molecule has 120 valence electrons. The molecule has 1 aliphatic carbocycles. The maximum absolute atomic E-state index is 5.62. The summed E-state index contributed by atoms with van der Waals surface area (Å²) in [5.41, 5.74) is 0.404. The van der Waals surface area contributed by atoms with Gasteiger partial charge in [0.2, 0.25) is 0 Å². The van der Waals surface area contributed by atoms with Crippen molar-refractivity contribution < 1.29 is 4.74 Å². The number of nitrogens with one attached hydrogen (secondary N) is 1. The Balaban J connectivity index is 1.53. The minimum absolute atomic E-state index is 0.404. The summed E-state index contributed by atoms with van der Waals surface area (Å²) >= 11 is 0. The van der Waals surface area contributed by atoms with Gasteiger partial charge in [0.25, 0.3) is 0 Å². The number of likely N-dealkylation sites (tertiary alicyclic amines) is 1. The molecule has 2 saturated heterocycles. The average molecular weight is 294 g/mol. The van der Waals surface area contributed by atoms with Crippen LogP contribution < -0.4 is 5.32 Å². The first-order valence-corrected chi connectivity index (χ1v) is 8.54. The summed E-state index contributed by atoms with van der Waals surface area (Å²) in [7, 11) is 2.22. The summed E-state index contributed by atoms with van der Waals surface area (Å²) in [5.74, 6) is 1.10. The van der Waals surface area contributed by atoms with E-state index >= 15 is 0 Å². The van der Waals surface area contributed by atoms with Crippen LogP contribution >= 0.6 is 0 Å². The van der Waals surface area contributed by atoms with Gasteiger partial charge in [-0.2, -0.15) is 0 Å². The molecule has 0 amide bonds. The van der Waals surface area contributed by atoms with Crippen LogP contribution in [0.2, 0.25) is 0 Å². The summed E-state index contributed by atoms with van der Waals surface area (Å²) in [4.78, 5) is 9.74. The van der Waals surface area contributed by atoms with E-state index in [4.69, 9.17) is 9.73 Å². The molecule has 3 fully saturated rings. The van der Waals surface area contributed by atoms with Gasteiger partial charge in [-0.25, -0.2) is 0 Å². The normalized spacial score (nSPS) is 29.9. The number of hydrogen-bond donors (Lipinski definition) is 1. The van der Waals surface area contributed by atoms with Gasteiger partial charge in [0.15, 0.2) is 5.96 Å². The first-order chi connectivity index (χ1) is 10.2. The van der Waals surface area contributed by atoms with Crippen LogP contribution in [-0.2, 0) is 4.74 Å². The van der Waals surface area contributed by atoms with Crippen LogP contribution in [0.3, 0.4) is 0 Å². The highest BCUT2D eigenvalue weighted by atomic mass is 16.5. The molecule has 3 aliphatic rings. The van der Waals surface area contributed by atoms with Crippen LogP contribution in [0.1, 0.15) is 32.6 Å². The predicted molar refractivity (Wildman–Crippen MR) is 85.7 cm³/mol. The Labute approximate surface area is 128 Å². The lowest BCUT2D eigenvalue weighted by atomic mass is 9.87. The fraction of sp³-hybridized carbons (Fsp3) is 0.938. The van der Waals surface area contributed by atoms with Crippen LogP contribution in [0.15, 0.2) is 4.99 Å². The molecule has 0 aromatic carbocycles. The van der Waals surface area contributed by atoms with Gasteiger partial charge in [0, 0.05) is 44.2 Å². The molecular formula is C16H30N4O. The molecule has 21 heavy (non-hydrogen) atoms. The van der Waals surface area contributed by atoms with Crippen molar-refractivity contribution in [3.8, 4) is 0 Å². The van der Waals surface area contributed by atoms with Crippen molar-refractivity contribution in [1.29, 1.82) is 0 Å². The van der Waals surface area contributed by atoms with Crippen molar-refractivity contribution in [2.75, 3.05) is 53.0 Å².